The number of nitrogen functional groups attached to an aromatic ring is 3. The quantitative estimate of drug-likeness (QED) is 0.0268. The van der Waals surface area contributed by atoms with Crippen LogP contribution in [0, 0.1) is 0 Å². The third kappa shape index (κ3) is 10.9. The van der Waals surface area contributed by atoms with Gasteiger partial charge in [-0.2, -0.15) is 23.2 Å². The van der Waals surface area contributed by atoms with Gasteiger partial charge in [0.15, 0.2) is 35.1 Å². The number of imidazole rings is 3. The number of rotatable bonds is 19. The number of aliphatic hydroxyl groups excluding tert-OH is 4. The monoisotopic (exact) mass is 1150 g/mol. The van der Waals surface area contributed by atoms with E-state index in [0.717, 1.165) is 35.2 Å². The van der Waals surface area contributed by atoms with Crippen LogP contribution < -0.4 is 32.9 Å². The third-order valence-electron chi connectivity index (χ3n) is 11.6. The first-order valence-corrected chi connectivity index (χ1v) is 27.1. The SMILES string of the molecule is CO[C@@H]1[C@H](OP(=O)(O)OCC2O[C@@H](n3cnc4c(=O)[nH]c(N)nc43)[C@H](O)[C@@H]2O)C(COP(=O)(O)OP(=O)(O)OP(=O)(O)OC[C@H]2OC(n3c[n+](C)c4c(=O)[nH]c(N)nc43)[C@H](O)[C@@H]2O)O[C@H]1n1cnc2c(N)ncnc21. The summed E-state index contributed by atoms with van der Waals surface area (Å²) in [6.45, 7) is -3.40. The van der Waals surface area contributed by atoms with E-state index in [4.69, 9.17) is 49.7 Å². The van der Waals surface area contributed by atoms with E-state index in [2.05, 4.69) is 53.0 Å². The lowest BCUT2D eigenvalue weighted by atomic mass is 10.1. The molecule has 0 amide bonds. The van der Waals surface area contributed by atoms with Crippen LogP contribution in [-0.4, -0.2) is 175 Å². The van der Waals surface area contributed by atoms with Gasteiger partial charge in [0, 0.05) is 7.11 Å². The number of aliphatic hydroxyl groups is 4. The van der Waals surface area contributed by atoms with Crippen LogP contribution >= 0.6 is 31.3 Å². The molecule has 7 unspecified atom stereocenters. The molecule has 3 aliphatic heterocycles. The lowest BCUT2D eigenvalue weighted by molar-refractivity contribution is -0.646. The average molecular weight is 1150 g/mol. The zero-order valence-corrected chi connectivity index (χ0v) is 41.5. The second-order valence-electron chi connectivity index (χ2n) is 16.5. The highest BCUT2D eigenvalue weighted by molar-refractivity contribution is 7.66. The predicted molar refractivity (Wildman–Crippen MR) is 239 cm³/mol. The van der Waals surface area contributed by atoms with Gasteiger partial charge in [-0.05, 0) is 0 Å². The molecule has 0 aliphatic carbocycles. The number of nitrogens with one attached hydrogen (secondary N) is 2. The van der Waals surface area contributed by atoms with Crippen molar-refractivity contribution in [1.29, 1.82) is 0 Å². The van der Waals surface area contributed by atoms with Gasteiger partial charge in [0.2, 0.25) is 24.5 Å². The number of anilines is 3. The molecule has 43 heteroatoms. The third-order valence-corrected chi connectivity index (χ3v) is 16.8. The minimum absolute atomic E-state index is 0.00606. The Hall–Kier alpha value is -5.15. The van der Waals surface area contributed by atoms with Crippen LogP contribution in [0.25, 0.3) is 33.5 Å². The average Bonchev–Trinajstić information content (AvgIpc) is 4.17. The zero-order chi connectivity index (χ0) is 54.3. The van der Waals surface area contributed by atoms with E-state index in [1.165, 1.54) is 22.5 Å². The summed E-state index contributed by atoms with van der Waals surface area (Å²) in [6.07, 6.45) is -15.8. The first kappa shape index (κ1) is 54.6. The summed E-state index contributed by atoms with van der Waals surface area (Å²) in [4.78, 5) is 95.6. The smallest absolute Gasteiger partial charge is 0.387 e. The standard InChI is InChI=1S/C32H43N15O24P4/c1-44-9-47(25-15(44)27(53)43-32(35)41-25)29-19(51)17(49)11(67-29)4-64-73(56,57)70-75(60,61)71-74(58,59)65-5-12-20(21(62-2)30(68-12)45-7-38-13-22(33)36-6-37-23(13)45)69-72(54,55)63-3-10-16(48)18(50)28(66-10)46-8-39-14-24(46)40-31(34)42-26(14)52/h6-12,16-21,28-30,48-51H,3-5H2,1-2H3,(H11-,33,34,35,36,37,40,41,42,43,52,53,54,55,56,57,58,59,60,61)/p+1/t10?,11-,12?,16-,17-,18-,19-,20-,21-,28-,29?,30-/m1/s1. The number of aryl methyl sites for hydroxylation is 1. The molecule has 0 saturated carbocycles. The van der Waals surface area contributed by atoms with E-state index < -0.39 is 136 Å². The Morgan fingerprint density at radius 1 is 0.627 bits per heavy atom. The molecule has 39 nitrogen and oxygen atoms in total. The Bertz CT molecular complexity index is 3470. The first-order valence-electron chi connectivity index (χ1n) is 21.2. The summed E-state index contributed by atoms with van der Waals surface area (Å²) < 4.78 is 109. The van der Waals surface area contributed by atoms with Gasteiger partial charge in [-0.1, -0.05) is 0 Å². The van der Waals surface area contributed by atoms with E-state index in [1.807, 2.05) is 0 Å². The number of phosphoric ester groups is 3. The van der Waals surface area contributed by atoms with Gasteiger partial charge >= 0.3 is 36.9 Å². The Balaban J connectivity index is 0.862. The van der Waals surface area contributed by atoms with Crippen molar-refractivity contribution < 1.29 is 108 Å². The lowest BCUT2D eigenvalue weighted by Crippen LogP contribution is -2.38. The number of aromatic amines is 2. The molecule has 0 radical (unpaired) electrons. The predicted octanol–water partition coefficient (Wildman–Crippen LogP) is -4.71. The fourth-order valence-electron chi connectivity index (χ4n) is 8.29. The molecule has 9 heterocycles. The number of nitrogens with two attached hydrogens (primary N) is 3. The van der Waals surface area contributed by atoms with Gasteiger partial charge in [0.05, 0.1) is 39.5 Å². The minimum atomic E-state index is -6.20. The molecule has 410 valence electrons. The van der Waals surface area contributed by atoms with E-state index in [1.54, 1.807) is 0 Å². The normalized spacial score (nSPS) is 30.5. The van der Waals surface area contributed by atoms with Gasteiger partial charge in [-0.25, -0.2) is 42.8 Å². The summed E-state index contributed by atoms with van der Waals surface area (Å²) >= 11 is 0. The molecular formula is C32H44N15O24P4+. The van der Waals surface area contributed by atoms with Crippen molar-refractivity contribution in [1.82, 2.24) is 53.6 Å². The van der Waals surface area contributed by atoms with E-state index >= 15 is 0 Å². The van der Waals surface area contributed by atoms with Crippen LogP contribution in [0.1, 0.15) is 18.7 Å². The van der Waals surface area contributed by atoms with Crippen LogP contribution in [0.3, 0.4) is 0 Å². The van der Waals surface area contributed by atoms with Crippen molar-refractivity contribution in [2.75, 3.05) is 44.1 Å². The van der Waals surface area contributed by atoms with Crippen molar-refractivity contribution in [3.63, 3.8) is 0 Å². The highest BCUT2D eigenvalue weighted by Gasteiger charge is 2.54. The van der Waals surface area contributed by atoms with Crippen molar-refractivity contribution in [2.24, 2.45) is 7.05 Å². The van der Waals surface area contributed by atoms with E-state index in [9.17, 15) is 67.8 Å². The molecule has 3 saturated heterocycles. The highest BCUT2D eigenvalue weighted by Crippen LogP contribution is 2.68. The molecule has 9 rings (SSSR count). The second kappa shape index (κ2) is 20.3. The molecule has 6 aromatic rings. The maximum absolute atomic E-state index is 13.7. The number of methoxy groups -OCH3 is 1. The van der Waals surface area contributed by atoms with Gasteiger partial charge < -0.3 is 76.1 Å². The van der Waals surface area contributed by atoms with Crippen LogP contribution in [0.4, 0.5) is 17.7 Å². The molecule has 3 aliphatic rings. The molecule has 6 aromatic heterocycles. The Labute approximate surface area is 414 Å². The molecule has 0 bridgehead atoms. The topological polar surface area (TPSA) is 562 Å². The molecule has 16 N–H and O–H groups in total. The number of fused-ring (bicyclic) bond motifs is 3. The number of nitrogens with zero attached hydrogens (tertiary/aromatic N) is 10. The van der Waals surface area contributed by atoms with Crippen LogP contribution in [-0.2, 0) is 71.0 Å². The molecule has 0 aromatic carbocycles. The number of hydrogen-bond donors (Lipinski definition) is 13. The number of hydrogen-bond acceptors (Lipinski definition) is 29. The number of aromatic nitrogens is 12. The maximum atomic E-state index is 13.7. The van der Waals surface area contributed by atoms with E-state index in [-0.39, 0.29) is 51.2 Å². The molecule has 3 fully saturated rings. The molecule has 75 heavy (non-hydrogen) atoms. The summed E-state index contributed by atoms with van der Waals surface area (Å²) in [5.41, 5.74) is 15.4. The van der Waals surface area contributed by atoms with Crippen LogP contribution in [0.2, 0.25) is 0 Å². The number of ether oxygens (including phenoxy) is 4. The maximum Gasteiger partial charge on any atom is 0.490 e. The van der Waals surface area contributed by atoms with Crippen molar-refractivity contribution >= 4 is 82.5 Å². The zero-order valence-electron chi connectivity index (χ0n) is 38.0. The lowest BCUT2D eigenvalue weighted by Gasteiger charge is -2.26. The molecular weight excluding hydrogens is 1100 g/mol. The molecule has 16 atom stereocenters. The van der Waals surface area contributed by atoms with Gasteiger partial charge in [0.25, 0.3) is 16.7 Å². The first-order chi connectivity index (χ1) is 35.2. The van der Waals surface area contributed by atoms with E-state index in [0.29, 0.717) is 0 Å². The van der Waals surface area contributed by atoms with Gasteiger partial charge in [-0.15, -0.1) is 0 Å². The van der Waals surface area contributed by atoms with Crippen LogP contribution in [0.15, 0.2) is 34.9 Å². The van der Waals surface area contributed by atoms with Crippen LogP contribution in [0.5, 0.6) is 0 Å². The van der Waals surface area contributed by atoms with Gasteiger partial charge in [0.1, 0.15) is 66.8 Å². The summed E-state index contributed by atoms with van der Waals surface area (Å²) in [5, 5.41) is 43.2. The summed E-state index contributed by atoms with van der Waals surface area (Å²) in [7, 11) is -20.9. The minimum Gasteiger partial charge on any atom is -0.387 e. The highest BCUT2D eigenvalue weighted by atomic mass is 31.3. The van der Waals surface area contributed by atoms with Gasteiger partial charge in [-0.3, -0.25) is 46.8 Å². The molecule has 0 spiro atoms. The Morgan fingerprint density at radius 3 is 1.73 bits per heavy atom. The fourth-order valence-corrected chi connectivity index (χ4v) is 12.8. The fraction of sp³-hybridized carbons (Fsp3) is 0.531. The second-order valence-corrected chi connectivity index (χ2v) is 22.5. The van der Waals surface area contributed by atoms with Crippen molar-refractivity contribution in [3.05, 3.63) is 46.0 Å². The largest absolute Gasteiger partial charge is 0.490 e. The van der Waals surface area contributed by atoms with Crippen molar-refractivity contribution in [2.45, 2.75) is 73.6 Å². The van der Waals surface area contributed by atoms with Crippen molar-refractivity contribution in [3.8, 4) is 0 Å². The number of phosphoric acid groups is 4. The summed E-state index contributed by atoms with van der Waals surface area (Å²) in [5.74, 6) is -0.716. The summed E-state index contributed by atoms with van der Waals surface area (Å²) in [6, 6.07) is 0. The Kier molecular flexibility index (Phi) is 14.8. The Morgan fingerprint density at radius 2 is 1.13 bits per heavy atom. The number of H-pyrrole nitrogens is 2.